The molecule has 0 aliphatic carbocycles. The Morgan fingerprint density at radius 2 is 2.00 bits per heavy atom. The summed E-state index contributed by atoms with van der Waals surface area (Å²) >= 11 is 0. The van der Waals surface area contributed by atoms with E-state index in [4.69, 9.17) is 9.26 Å². The van der Waals surface area contributed by atoms with E-state index >= 15 is 0 Å². The van der Waals surface area contributed by atoms with Crippen LogP contribution in [0.25, 0.3) is 0 Å². The lowest BCUT2D eigenvalue weighted by molar-refractivity contribution is -0.120. The Bertz CT molecular complexity index is 708. The lowest BCUT2D eigenvalue weighted by Crippen LogP contribution is -2.52. The van der Waals surface area contributed by atoms with E-state index in [0.29, 0.717) is 31.5 Å². The van der Waals surface area contributed by atoms with E-state index in [2.05, 4.69) is 10.1 Å². The van der Waals surface area contributed by atoms with Crippen molar-refractivity contribution in [1.29, 1.82) is 0 Å². The average Bonchev–Trinajstić information content (AvgIpc) is 3.04. The molecule has 2 aliphatic rings. The second kappa shape index (κ2) is 7.53. The summed E-state index contributed by atoms with van der Waals surface area (Å²) in [7, 11) is -0.199. The van der Waals surface area contributed by atoms with Crippen LogP contribution in [0.5, 0.6) is 0 Å². The number of ether oxygens (including phenoxy) is 1. The molecule has 2 aliphatic heterocycles. The number of piperidine rings is 1. The van der Waals surface area contributed by atoms with Gasteiger partial charge >= 0.3 is 0 Å². The van der Waals surface area contributed by atoms with Crippen LogP contribution in [0.2, 0.25) is 0 Å². The first-order valence-electron chi connectivity index (χ1n) is 9.36. The van der Waals surface area contributed by atoms with Crippen LogP contribution in [0, 0.1) is 5.92 Å². The monoisotopic (exact) mass is 386 g/mol. The first-order chi connectivity index (χ1) is 12.2. The van der Waals surface area contributed by atoms with Crippen molar-refractivity contribution in [2.24, 2.45) is 5.92 Å². The van der Waals surface area contributed by atoms with Crippen molar-refractivity contribution < 1.29 is 17.7 Å². The van der Waals surface area contributed by atoms with Crippen LogP contribution in [0.1, 0.15) is 57.2 Å². The minimum absolute atomic E-state index is 0.216. The molecule has 9 heteroatoms. The van der Waals surface area contributed by atoms with Gasteiger partial charge < -0.3 is 9.26 Å². The summed E-state index contributed by atoms with van der Waals surface area (Å²) in [5.41, 5.74) is -0.216. The quantitative estimate of drug-likeness (QED) is 0.767. The van der Waals surface area contributed by atoms with E-state index in [-0.39, 0.29) is 11.5 Å². The predicted molar refractivity (Wildman–Crippen MR) is 96.9 cm³/mol. The average molecular weight is 387 g/mol. The van der Waals surface area contributed by atoms with Gasteiger partial charge in [0.05, 0.1) is 5.60 Å². The summed E-state index contributed by atoms with van der Waals surface area (Å²) in [5.74, 6) is 2.13. The number of hydrogen-bond acceptors (Lipinski definition) is 6. The first-order valence-corrected chi connectivity index (χ1v) is 10.8. The van der Waals surface area contributed by atoms with E-state index in [1.54, 1.807) is 18.4 Å². The van der Waals surface area contributed by atoms with Gasteiger partial charge in [-0.2, -0.15) is 22.0 Å². The molecule has 2 fully saturated rings. The Hall–Kier alpha value is -1.03. The van der Waals surface area contributed by atoms with Crippen LogP contribution in [0.4, 0.5) is 0 Å². The molecule has 3 rings (SSSR count). The number of nitrogens with zero attached hydrogens (tertiary/aromatic N) is 4. The van der Waals surface area contributed by atoms with E-state index in [0.717, 1.165) is 37.9 Å². The first kappa shape index (κ1) is 19.7. The van der Waals surface area contributed by atoms with Gasteiger partial charge in [-0.15, -0.1) is 0 Å². The predicted octanol–water partition coefficient (Wildman–Crippen LogP) is 1.80. The lowest BCUT2D eigenvalue weighted by Gasteiger charge is -2.46. The van der Waals surface area contributed by atoms with Gasteiger partial charge in [-0.3, -0.25) is 0 Å². The van der Waals surface area contributed by atoms with Crippen LogP contribution in [0.3, 0.4) is 0 Å². The Kier molecular flexibility index (Phi) is 5.72. The molecule has 1 spiro atoms. The van der Waals surface area contributed by atoms with Crippen molar-refractivity contribution in [3.63, 3.8) is 0 Å². The number of aromatic nitrogens is 2. The normalized spacial score (nSPS) is 24.6. The molecule has 26 heavy (non-hydrogen) atoms. The molecule has 1 atom stereocenters. The highest BCUT2D eigenvalue weighted by Gasteiger charge is 2.43. The largest absolute Gasteiger partial charge is 0.375 e. The molecule has 0 bridgehead atoms. The smallest absolute Gasteiger partial charge is 0.281 e. The fraction of sp³-hybridized carbons (Fsp3) is 0.882. The van der Waals surface area contributed by atoms with Crippen LogP contribution in [-0.4, -0.2) is 66.6 Å². The van der Waals surface area contributed by atoms with E-state index in [9.17, 15) is 8.42 Å². The molecule has 8 nitrogen and oxygen atoms in total. The topological polar surface area (TPSA) is 88.8 Å². The zero-order chi connectivity index (χ0) is 18.9. The van der Waals surface area contributed by atoms with Crippen molar-refractivity contribution >= 4 is 10.2 Å². The molecule has 0 amide bonds. The minimum Gasteiger partial charge on any atom is -0.375 e. The van der Waals surface area contributed by atoms with Crippen molar-refractivity contribution in [2.75, 3.05) is 33.8 Å². The van der Waals surface area contributed by atoms with Gasteiger partial charge in [-0.05, 0) is 31.6 Å². The fourth-order valence-corrected chi connectivity index (χ4v) is 4.96. The van der Waals surface area contributed by atoms with Gasteiger partial charge in [0.2, 0.25) is 5.89 Å². The van der Waals surface area contributed by atoms with Gasteiger partial charge in [-0.25, -0.2) is 0 Å². The zero-order valence-corrected chi connectivity index (χ0v) is 17.0. The molecule has 2 saturated heterocycles. The molecular weight excluding hydrogens is 356 g/mol. The van der Waals surface area contributed by atoms with Crippen LogP contribution >= 0.6 is 0 Å². The van der Waals surface area contributed by atoms with Gasteiger partial charge in [0.1, 0.15) is 0 Å². The zero-order valence-electron chi connectivity index (χ0n) is 16.1. The van der Waals surface area contributed by atoms with Crippen LogP contribution in [-0.2, 0) is 21.4 Å². The third-order valence-corrected chi connectivity index (χ3v) is 7.41. The summed E-state index contributed by atoms with van der Waals surface area (Å²) in [4.78, 5) is 4.49. The molecule has 1 aromatic heterocycles. The number of rotatable bonds is 5. The van der Waals surface area contributed by atoms with Gasteiger partial charge in [0, 0.05) is 46.1 Å². The third kappa shape index (κ3) is 4.11. The maximum Gasteiger partial charge on any atom is 0.281 e. The molecule has 0 aromatic carbocycles. The Balaban J connectivity index is 1.60. The van der Waals surface area contributed by atoms with E-state index < -0.39 is 10.2 Å². The summed E-state index contributed by atoms with van der Waals surface area (Å²) in [6.45, 7) is 5.80. The third-order valence-electron chi connectivity index (χ3n) is 5.47. The second-order valence-electron chi connectivity index (χ2n) is 7.99. The van der Waals surface area contributed by atoms with Crippen molar-refractivity contribution in [3.8, 4) is 0 Å². The van der Waals surface area contributed by atoms with Gasteiger partial charge in [0.15, 0.2) is 5.82 Å². The van der Waals surface area contributed by atoms with Crippen molar-refractivity contribution in [1.82, 2.24) is 18.8 Å². The highest BCUT2D eigenvalue weighted by Crippen LogP contribution is 2.39. The van der Waals surface area contributed by atoms with Crippen molar-refractivity contribution in [2.45, 2.75) is 57.5 Å². The Labute approximate surface area is 156 Å². The molecule has 0 N–H and O–H groups in total. The summed E-state index contributed by atoms with van der Waals surface area (Å²) in [6, 6.07) is 0. The maximum absolute atomic E-state index is 12.3. The molecule has 0 saturated carbocycles. The lowest BCUT2D eigenvalue weighted by atomic mass is 9.78. The standard InChI is InChI=1S/C17H30N4O4S/c1-13(2)16-18-15(19-25-16)11-14-5-10-24-17(12-14)6-8-21(9-7-17)26(22,23)20(3)4/h13-14H,5-12H2,1-4H3. The molecular formula is C17H30N4O4S. The second-order valence-corrected chi connectivity index (χ2v) is 10.1. The SMILES string of the molecule is CC(C)c1nc(CC2CCOC3(CCN(S(=O)(=O)N(C)C)CC3)C2)no1. The highest BCUT2D eigenvalue weighted by molar-refractivity contribution is 7.86. The summed E-state index contributed by atoms with van der Waals surface area (Å²) in [6.07, 6.45) is 4.17. The maximum atomic E-state index is 12.3. The molecule has 1 aromatic rings. The molecule has 3 heterocycles. The van der Waals surface area contributed by atoms with E-state index in [1.807, 2.05) is 13.8 Å². The minimum atomic E-state index is -3.34. The highest BCUT2D eigenvalue weighted by atomic mass is 32.2. The van der Waals surface area contributed by atoms with E-state index in [1.165, 1.54) is 4.31 Å². The van der Waals surface area contributed by atoms with Crippen LogP contribution in [0.15, 0.2) is 4.52 Å². The molecule has 0 radical (unpaired) electrons. The summed E-state index contributed by atoms with van der Waals surface area (Å²) in [5, 5.41) is 4.11. The Morgan fingerprint density at radius 1 is 1.31 bits per heavy atom. The fourth-order valence-electron chi connectivity index (χ4n) is 3.85. The Morgan fingerprint density at radius 3 is 2.58 bits per heavy atom. The van der Waals surface area contributed by atoms with Crippen molar-refractivity contribution in [3.05, 3.63) is 11.7 Å². The molecule has 1 unspecified atom stereocenters. The summed E-state index contributed by atoms with van der Waals surface area (Å²) < 4.78 is 38.9. The van der Waals surface area contributed by atoms with Gasteiger partial charge in [-0.1, -0.05) is 19.0 Å². The van der Waals surface area contributed by atoms with Crippen LogP contribution < -0.4 is 0 Å². The molecule has 148 valence electrons. The number of hydrogen-bond donors (Lipinski definition) is 0. The van der Waals surface area contributed by atoms with Gasteiger partial charge in [0.25, 0.3) is 10.2 Å².